The summed E-state index contributed by atoms with van der Waals surface area (Å²) in [4.78, 5) is 7.03. The minimum atomic E-state index is 0. The van der Waals surface area contributed by atoms with Crippen LogP contribution in [0, 0.1) is 5.92 Å². The minimum absolute atomic E-state index is 0. The maximum Gasteiger partial charge on any atom is 0.191 e. The third-order valence-corrected chi connectivity index (χ3v) is 4.26. The number of nitrogens with zero attached hydrogens (tertiary/aromatic N) is 2. The maximum absolute atomic E-state index is 5.71. The van der Waals surface area contributed by atoms with Crippen LogP contribution in [-0.4, -0.2) is 89.8 Å². The molecule has 0 aromatic rings. The van der Waals surface area contributed by atoms with Crippen LogP contribution >= 0.6 is 24.0 Å². The number of aliphatic imine (C=N–C) groups is 1. The molecule has 2 aliphatic rings. The van der Waals surface area contributed by atoms with Gasteiger partial charge in [0.05, 0.1) is 26.4 Å². The van der Waals surface area contributed by atoms with Crippen molar-refractivity contribution in [3.05, 3.63) is 0 Å². The smallest absolute Gasteiger partial charge is 0.191 e. The topological polar surface area (TPSA) is 67.4 Å². The van der Waals surface area contributed by atoms with Gasteiger partial charge in [0.2, 0.25) is 0 Å². The number of guanidine groups is 1. The van der Waals surface area contributed by atoms with Crippen LogP contribution in [0.4, 0.5) is 0 Å². The maximum atomic E-state index is 5.71. The van der Waals surface area contributed by atoms with E-state index in [0.29, 0.717) is 5.92 Å². The number of rotatable bonds is 10. The zero-order valence-electron chi connectivity index (χ0n) is 15.5. The van der Waals surface area contributed by atoms with E-state index in [4.69, 9.17) is 14.2 Å². The molecule has 8 heteroatoms. The first-order chi connectivity index (χ1) is 11.9. The average Bonchev–Trinajstić information content (AvgIpc) is 3.12. The van der Waals surface area contributed by atoms with Crippen LogP contribution in [-0.2, 0) is 14.2 Å². The predicted octanol–water partition coefficient (Wildman–Crippen LogP) is 0.935. The van der Waals surface area contributed by atoms with Gasteiger partial charge in [-0.2, -0.15) is 0 Å². The number of hydrogen-bond acceptors (Lipinski definition) is 5. The lowest BCUT2D eigenvalue weighted by Gasteiger charge is -2.26. The van der Waals surface area contributed by atoms with Crippen LogP contribution in [0.5, 0.6) is 0 Å². The van der Waals surface area contributed by atoms with Gasteiger partial charge in [-0.1, -0.05) is 0 Å². The van der Waals surface area contributed by atoms with Gasteiger partial charge < -0.3 is 24.8 Å². The molecule has 2 saturated heterocycles. The third kappa shape index (κ3) is 10.5. The zero-order chi connectivity index (χ0) is 16.9. The fraction of sp³-hybridized carbons (Fsp3) is 0.941. The lowest BCUT2D eigenvalue weighted by Crippen LogP contribution is -2.44. The second kappa shape index (κ2) is 15.0. The van der Waals surface area contributed by atoms with Gasteiger partial charge in [0.15, 0.2) is 5.96 Å². The Balaban J connectivity index is 0.00000312. The first-order valence-corrected chi connectivity index (χ1v) is 9.36. The summed E-state index contributed by atoms with van der Waals surface area (Å²) in [7, 11) is 0. The largest absolute Gasteiger partial charge is 0.381 e. The van der Waals surface area contributed by atoms with E-state index < -0.39 is 0 Å². The summed E-state index contributed by atoms with van der Waals surface area (Å²) < 4.78 is 16.4. The highest BCUT2D eigenvalue weighted by atomic mass is 127. The number of morpholine rings is 1. The molecular formula is C17H35IN4O3. The Morgan fingerprint density at radius 2 is 2.04 bits per heavy atom. The van der Waals surface area contributed by atoms with Crippen molar-refractivity contribution in [3.63, 3.8) is 0 Å². The first kappa shape index (κ1) is 22.9. The second-order valence-corrected chi connectivity index (χ2v) is 6.30. The molecule has 2 heterocycles. The van der Waals surface area contributed by atoms with Crippen LogP contribution in [0.2, 0.25) is 0 Å². The summed E-state index contributed by atoms with van der Waals surface area (Å²) in [6.45, 7) is 12.8. The van der Waals surface area contributed by atoms with E-state index in [2.05, 4.69) is 27.4 Å². The molecule has 148 valence electrons. The first-order valence-electron chi connectivity index (χ1n) is 9.36. The molecule has 0 saturated carbocycles. The normalized spacial score (nSPS) is 21.8. The molecule has 1 atom stereocenters. The molecule has 2 aliphatic heterocycles. The second-order valence-electron chi connectivity index (χ2n) is 6.30. The fourth-order valence-corrected chi connectivity index (χ4v) is 2.82. The number of halogens is 1. The van der Waals surface area contributed by atoms with E-state index in [0.717, 1.165) is 97.7 Å². The van der Waals surface area contributed by atoms with Gasteiger partial charge >= 0.3 is 0 Å². The standard InChI is InChI=1S/C17H34N4O3.HI/c1-2-18-17(20-6-7-21-8-12-22-13-9-21)19-5-3-10-23-14-16-4-11-24-15-16;/h16H,2-15H2,1H3,(H2,18,19,20);1H. The highest BCUT2D eigenvalue weighted by Crippen LogP contribution is 2.12. The lowest BCUT2D eigenvalue weighted by atomic mass is 10.1. The monoisotopic (exact) mass is 470 g/mol. The van der Waals surface area contributed by atoms with Crippen molar-refractivity contribution in [3.8, 4) is 0 Å². The van der Waals surface area contributed by atoms with Gasteiger partial charge in [-0.25, -0.2) is 0 Å². The van der Waals surface area contributed by atoms with E-state index in [1.54, 1.807) is 0 Å². The molecule has 0 spiro atoms. The van der Waals surface area contributed by atoms with Crippen molar-refractivity contribution in [2.24, 2.45) is 10.9 Å². The molecular weight excluding hydrogens is 435 g/mol. The van der Waals surface area contributed by atoms with Crippen LogP contribution < -0.4 is 10.6 Å². The highest BCUT2D eigenvalue weighted by Gasteiger charge is 2.15. The minimum Gasteiger partial charge on any atom is -0.381 e. The summed E-state index contributed by atoms with van der Waals surface area (Å²) in [6.07, 6.45) is 2.09. The molecule has 0 aliphatic carbocycles. The fourth-order valence-electron chi connectivity index (χ4n) is 2.82. The van der Waals surface area contributed by atoms with E-state index in [1.165, 1.54) is 0 Å². The number of nitrogens with one attached hydrogen (secondary N) is 2. The molecule has 0 radical (unpaired) electrons. The number of hydrogen-bond donors (Lipinski definition) is 2. The van der Waals surface area contributed by atoms with Crippen molar-refractivity contribution in [2.45, 2.75) is 19.8 Å². The van der Waals surface area contributed by atoms with Crippen molar-refractivity contribution in [1.82, 2.24) is 15.5 Å². The van der Waals surface area contributed by atoms with Gasteiger partial charge in [0, 0.05) is 58.4 Å². The lowest BCUT2D eigenvalue weighted by molar-refractivity contribution is 0.0389. The Morgan fingerprint density at radius 1 is 1.20 bits per heavy atom. The van der Waals surface area contributed by atoms with Crippen molar-refractivity contribution < 1.29 is 14.2 Å². The van der Waals surface area contributed by atoms with Crippen LogP contribution in [0.1, 0.15) is 19.8 Å². The molecule has 0 aromatic heterocycles. The van der Waals surface area contributed by atoms with Gasteiger partial charge in [-0.05, 0) is 19.8 Å². The van der Waals surface area contributed by atoms with E-state index in [-0.39, 0.29) is 24.0 Å². The van der Waals surface area contributed by atoms with Gasteiger partial charge in [-0.3, -0.25) is 9.89 Å². The molecule has 1 unspecified atom stereocenters. The molecule has 2 rings (SSSR count). The Labute approximate surface area is 169 Å². The molecule has 2 fully saturated rings. The van der Waals surface area contributed by atoms with E-state index in [1.807, 2.05) is 0 Å². The van der Waals surface area contributed by atoms with Crippen molar-refractivity contribution in [1.29, 1.82) is 0 Å². The summed E-state index contributed by atoms with van der Waals surface area (Å²) >= 11 is 0. The number of ether oxygens (including phenoxy) is 3. The molecule has 2 N–H and O–H groups in total. The van der Waals surface area contributed by atoms with Gasteiger partial charge in [-0.15, -0.1) is 24.0 Å². The zero-order valence-corrected chi connectivity index (χ0v) is 17.8. The Bertz CT molecular complexity index is 349. The molecule has 25 heavy (non-hydrogen) atoms. The van der Waals surface area contributed by atoms with E-state index >= 15 is 0 Å². The van der Waals surface area contributed by atoms with Crippen LogP contribution in [0.25, 0.3) is 0 Å². The predicted molar refractivity (Wildman–Crippen MR) is 111 cm³/mol. The molecule has 0 amide bonds. The quantitative estimate of drug-likeness (QED) is 0.215. The summed E-state index contributed by atoms with van der Waals surface area (Å²) in [6, 6.07) is 0. The Hall–Kier alpha value is -0.160. The SMILES string of the molecule is CCNC(=NCCCOCC1CCOC1)NCCN1CCOCC1.I. The summed E-state index contributed by atoms with van der Waals surface area (Å²) in [5, 5.41) is 6.70. The Morgan fingerprint density at radius 3 is 2.76 bits per heavy atom. The molecule has 7 nitrogen and oxygen atoms in total. The third-order valence-electron chi connectivity index (χ3n) is 4.26. The Kier molecular flexibility index (Phi) is 13.7. The molecule has 0 aromatic carbocycles. The van der Waals surface area contributed by atoms with Gasteiger partial charge in [0.25, 0.3) is 0 Å². The van der Waals surface area contributed by atoms with E-state index in [9.17, 15) is 0 Å². The van der Waals surface area contributed by atoms with Crippen molar-refractivity contribution >= 4 is 29.9 Å². The van der Waals surface area contributed by atoms with Crippen LogP contribution in [0.15, 0.2) is 4.99 Å². The summed E-state index contributed by atoms with van der Waals surface area (Å²) in [5.41, 5.74) is 0. The van der Waals surface area contributed by atoms with Crippen LogP contribution in [0.3, 0.4) is 0 Å². The average molecular weight is 470 g/mol. The van der Waals surface area contributed by atoms with Crippen molar-refractivity contribution in [2.75, 3.05) is 78.9 Å². The molecule has 0 bridgehead atoms. The van der Waals surface area contributed by atoms with Gasteiger partial charge in [0.1, 0.15) is 0 Å². The highest BCUT2D eigenvalue weighted by molar-refractivity contribution is 14.0. The summed E-state index contributed by atoms with van der Waals surface area (Å²) in [5.74, 6) is 1.49.